The van der Waals surface area contributed by atoms with Crippen molar-refractivity contribution in [1.29, 1.82) is 0 Å². The largest absolute Gasteiger partial charge is 0.477 e. The van der Waals surface area contributed by atoms with Gasteiger partial charge in [0.05, 0.1) is 24.2 Å². The number of ether oxygens (including phenoxy) is 1. The third-order valence-corrected chi connectivity index (χ3v) is 4.85. The first-order valence-corrected chi connectivity index (χ1v) is 7.00. The molecule has 110 valence electrons. The summed E-state index contributed by atoms with van der Waals surface area (Å²) in [7, 11) is 1.57. The van der Waals surface area contributed by atoms with Crippen molar-refractivity contribution < 1.29 is 24.5 Å². The molecule has 2 heterocycles. The summed E-state index contributed by atoms with van der Waals surface area (Å²) >= 11 is 0. The van der Waals surface area contributed by atoms with Gasteiger partial charge in [-0.2, -0.15) is 0 Å². The van der Waals surface area contributed by atoms with Crippen LogP contribution in [-0.2, 0) is 14.3 Å². The van der Waals surface area contributed by atoms with E-state index in [4.69, 9.17) is 4.74 Å². The highest BCUT2D eigenvalue weighted by Crippen LogP contribution is 2.52. The first-order valence-electron chi connectivity index (χ1n) is 7.00. The number of carbonyl (C=O) groups is 2. The van der Waals surface area contributed by atoms with Crippen LogP contribution in [0.3, 0.4) is 0 Å². The highest BCUT2D eigenvalue weighted by Gasteiger charge is 2.62. The molecule has 1 aliphatic carbocycles. The quantitative estimate of drug-likeness (QED) is 0.729. The Labute approximate surface area is 117 Å². The average molecular weight is 281 g/mol. The number of carbonyl (C=O) groups excluding carboxylic acids is 1. The van der Waals surface area contributed by atoms with E-state index in [-0.39, 0.29) is 29.7 Å². The SMILES string of the molecule is CO[C@@H]1CCC[C@H]2C1=C(C(=O)O)N1C(=O)[C@H]([C@@H](C)O)[C@@H]21. The van der Waals surface area contributed by atoms with Crippen LogP contribution in [0, 0.1) is 11.8 Å². The number of carboxylic acids is 1. The summed E-state index contributed by atoms with van der Waals surface area (Å²) in [6.45, 7) is 1.59. The first kappa shape index (κ1) is 13.6. The molecule has 1 saturated carbocycles. The van der Waals surface area contributed by atoms with E-state index in [2.05, 4.69) is 0 Å². The van der Waals surface area contributed by atoms with Gasteiger partial charge in [0.1, 0.15) is 5.70 Å². The molecule has 2 fully saturated rings. The highest BCUT2D eigenvalue weighted by atomic mass is 16.5. The van der Waals surface area contributed by atoms with Gasteiger partial charge < -0.3 is 19.8 Å². The second-order valence-electron chi connectivity index (χ2n) is 5.84. The molecule has 6 nitrogen and oxygen atoms in total. The lowest BCUT2D eigenvalue weighted by molar-refractivity contribution is -0.163. The molecule has 0 aromatic carbocycles. The molecular formula is C14H19NO5. The van der Waals surface area contributed by atoms with Crippen LogP contribution in [0.2, 0.25) is 0 Å². The lowest BCUT2D eigenvalue weighted by Crippen LogP contribution is -2.64. The molecule has 0 unspecified atom stereocenters. The molecule has 3 aliphatic rings. The molecule has 6 heteroatoms. The number of carboxylic acid groups (broad SMARTS) is 1. The number of fused-ring (bicyclic) bond motifs is 3. The summed E-state index contributed by atoms with van der Waals surface area (Å²) in [4.78, 5) is 25.1. The Balaban J connectivity index is 2.04. The maximum atomic E-state index is 12.2. The molecule has 0 spiro atoms. The Morgan fingerprint density at radius 2 is 2.15 bits per heavy atom. The molecule has 0 aromatic heterocycles. The van der Waals surface area contributed by atoms with E-state index in [1.54, 1.807) is 14.0 Å². The number of aliphatic carboxylic acids is 1. The normalized spacial score (nSPS) is 37.4. The zero-order valence-corrected chi connectivity index (χ0v) is 11.6. The van der Waals surface area contributed by atoms with Gasteiger partial charge in [0.2, 0.25) is 5.91 Å². The van der Waals surface area contributed by atoms with Crippen molar-refractivity contribution in [2.75, 3.05) is 7.11 Å². The van der Waals surface area contributed by atoms with Crippen molar-refractivity contribution >= 4 is 11.9 Å². The number of hydrogen-bond acceptors (Lipinski definition) is 4. The fourth-order valence-corrected chi connectivity index (χ4v) is 4.08. The second-order valence-corrected chi connectivity index (χ2v) is 5.84. The minimum absolute atomic E-state index is 0.0112. The number of aliphatic hydroxyl groups excluding tert-OH is 1. The van der Waals surface area contributed by atoms with Crippen LogP contribution in [0.1, 0.15) is 26.2 Å². The third-order valence-electron chi connectivity index (χ3n) is 4.85. The smallest absolute Gasteiger partial charge is 0.352 e. The Hall–Kier alpha value is -1.40. The molecule has 0 aromatic rings. The Bertz CT molecular complexity index is 498. The monoisotopic (exact) mass is 281 g/mol. The van der Waals surface area contributed by atoms with Crippen molar-refractivity contribution in [2.45, 2.75) is 44.4 Å². The maximum Gasteiger partial charge on any atom is 0.352 e. The molecule has 2 aliphatic heterocycles. The summed E-state index contributed by atoms with van der Waals surface area (Å²) < 4.78 is 5.42. The molecule has 0 radical (unpaired) electrons. The summed E-state index contributed by atoms with van der Waals surface area (Å²) in [6, 6.07) is -0.207. The molecule has 2 N–H and O–H groups in total. The van der Waals surface area contributed by atoms with Crippen molar-refractivity contribution in [3.8, 4) is 0 Å². The van der Waals surface area contributed by atoms with Crippen LogP contribution in [-0.4, -0.2) is 52.3 Å². The molecule has 1 saturated heterocycles. The Kier molecular flexibility index (Phi) is 3.10. The van der Waals surface area contributed by atoms with E-state index >= 15 is 0 Å². The number of hydrogen-bond donors (Lipinski definition) is 2. The van der Waals surface area contributed by atoms with Gasteiger partial charge in [-0.15, -0.1) is 0 Å². The molecule has 0 bridgehead atoms. The van der Waals surface area contributed by atoms with Crippen molar-refractivity contribution in [3.05, 3.63) is 11.3 Å². The summed E-state index contributed by atoms with van der Waals surface area (Å²) in [6.07, 6.45) is 1.61. The van der Waals surface area contributed by atoms with Gasteiger partial charge in [-0.25, -0.2) is 4.79 Å². The van der Waals surface area contributed by atoms with Crippen LogP contribution in [0.4, 0.5) is 0 Å². The number of methoxy groups -OCH3 is 1. The standard InChI is InChI=1S/C14H19NO5/c1-6(16)9-11-7-4-3-5-8(20-2)10(7)12(14(18)19)15(11)13(9)17/h6-9,11,16H,3-5H2,1-2H3,(H,18,19)/t6-,7+,8-,9-,11-/m1/s1. The Morgan fingerprint density at radius 3 is 2.70 bits per heavy atom. The van der Waals surface area contributed by atoms with Gasteiger partial charge in [-0.05, 0) is 31.8 Å². The van der Waals surface area contributed by atoms with Crippen LogP contribution in [0.25, 0.3) is 0 Å². The van der Waals surface area contributed by atoms with Crippen molar-refractivity contribution in [1.82, 2.24) is 4.90 Å². The van der Waals surface area contributed by atoms with E-state index in [9.17, 15) is 19.8 Å². The first-order chi connectivity index (χ1) is 9.49. The van der Waals surface area contributed by atoms with Gasteiger partial charge in [0.25, 0.3) is 0 Å². The van der Waals surface area contributed by atoms with Gasteiger partial charge in [0, 0.05) is 13.0 Å². The van der Waals surface area contributed by atoms with E-state index in [1.807, 2.05) is 0 Å². The fraction of sp³-hybridized carbons (Fsp3) is 0.714. The fourth-order valence-electron chi connectivity index (χ4n) is 4.08. The number of nitrogens with zero attached hydrogens (tertiary/aromatic N) is 1. The number of amides is 1. The minimum Gasteiger partial charge on any atom is -0.477 e. The minimum atomic E-state index is -1.08. The summed E-state index contributed by atoms with van der Waals surface area (Å²) in [5.41, 5.74) is 0.834. The van der Waals surface area contributed by atoms with Gasteiger partial charge in [0.15, 0.2) is 0 Å². The molecule has 1 amide bonds. The lowest BCUT2D eigenvalue weighted by Gasteiger charge is -2.47. The van der Waals surface area contributed by atoms with E-state index < -0.39 is 18.0 Å². The summed E-state index contributed by atoms with van der Waals surface area (Å²) in [5.74, 6) is -1.83. The predicted molar refractivity (Wildman–Crippen MR) is 68.6 cm³/mol. The summed E-state index contributed by atoms with van der Waals surface area (Å²) in [5, 5.41) is 19.2. The lowest BCUT2D eigenvalue weighted by atomic mass is 9.72. The Morgan fingerprint density at radius 1 is 1.45 bits per heavy atom. The number of β-lactam (4-membered cyclic amide) rings is 1. The average Bonchev–Trinajstić information content (AvgIpc) is 2.69. The maximum absolute atomic E-state index is 12.2. The molecule has 20 heavy (non-hydrogen) atoms. The highest BCUT2D eigenvalue weighted by molar-refractivity contribution is 6.00. The van der Waals surface area contributed by atoms with Crippen molar-refractivity contribution in [2.24, 2.45) is 11.8 Å². The number of aliphatic hydroxyl groups is 1. The van der Waals surface area contributed by atoms with Gasteiger partial charge >= 0.3 is 5.97 Å². The number of rotatable bonds is 3. The van der Waals surface area contributed by atoms with Crippen LogP contribution >= 0.6 is 0 Å². The van der Waals surface area contributed by atoms with Gasteiger partial charge in [-0.1, -0.05) is 0 Å². The van der Waals surface area contributed by atoms with E-state index in [1.165, 1.54) is 4.90 Å². The van der Waals surface area contributed by atoms with Crippen LogP contribution in [0.5, 0.6) is 0 Å². The second kappa shape index (κ2) is 4.56. The zero-order chi connectivity index (χ0) is 14.6. The molecule has 5 atom stereocenters. The third kappa shape index (κ3) is 1.58. The van der Waals surface area contributed by atoms with Crippen molar-refractivity contribution in [3.63, 3.8) is 0 Å². The zero-order valence-electron chi connectivity index (χ0n) is 11.6. The molecule has 3 rings (SSSR count). The topological polar surface area (TPSA) is 87.1 Å². The van der Waals surface area contributed by atoms with Gasteiger partial charge in [-0.3, -0.25) is 4.79 Å². The predicted octanol–water partition coefficient (Wildman–Crippen LogP) is 0.362. The van der Waals surface area contributed by atoms with Crippen LogP contribution in [0.15, 0.2) is 11.3 Å². The van der Waals surface area contributed by atoms with E-state index in [0.29, 0.717) is 0 Å². The molecular weight excluding hydrogens is 262 g/mol. The van der Waals surface area contributed by atoms with Crippen LogP contribution < -0.4 is 0 Å². The van der Waals surface area contributed by atoms with E-state index in [0.717, 1.165) is 24.8 Å².